The number of hydrogen-bond acceptors (Lipinski definition) is 2. The molecule has 1 aromatic rings. The van der Waals surface area contributed by atoms with Crippen LogP contribution < -0.4 is 5.32 Å². The summed E-state index contributed by atoms with van der Waals surface area (Å²) in [6.07, 6.45) is 3.26. The monoisotopic (exact) mass is 231 g/mol. The molecule has 0 unspecified atom stereocenters. The zero-order valence-electron chi connectivity index (χ0n) is 8.37. The Morgan fingerprint density at radius 2 is 2.13 bits per heavy atom. The summed E-state index contributed by atoms with van der Waals surface area (Å²) in [5.41, 5.74) is 0.685. The van der Waals surface area contributed by atoms with E-state index < -0.39 is 0 Å². The van der Waals surface area contributed by atoms with Crippen LogP contribution in [0.1, 0.15) is 30.9 Å². The van der Waals surface area contributed by atoms with Gasteiger partial charge in [0.15, 0.2) is 0 Å². The van der Waals surface area contributed by atoms with Crippen LogP contribution in [0.3, 0.4) is 0 Å². The summed E-state index contributed by atoms with van der Waals surface area (Å²) >= 11 is 0. The van der Waals surface area contributed by atoms with Gasteiger partial charge < -0.3 is 10.4 Å². The lowest BCUT2D eigenvalue weighted by atomic mass is 9.97. The first-order valence-electron chi connectivity index (χ1n) is 4.99. The molecule has 1 saturated heterocycles. The fraction of sp³-hybridized carbons (Fsp3) is 0.455. The van der Waals surface area contributed by atoms with Crippen LogP contribution in [0.15, 0.2) is 18.2 Å². The highest BCUT2D eigenvalue weighted by atomic mass is 35.5. The van der Waals surface area contributed by atoms with Crippen molar-refractivity contribution in [2.24, 2.45) is 0 Å². The van der Waals surface area contributed by atoms with Gasteiger partial charge in [0.1, 0.15) is 11.6 Å². The highest BCUT2D eigenvalue weighted by molar-refractivity contribution is 5.85. The topological polar surface area (TPSA) is 32.3 Å². The lowest BCUT2D eigenvalue weighted by Gasteiger charge is -2.24. The lowest BCUT2D eigenvalue weighted by Crippen LogP contribution is -2.26. The molecule has 15 heavy (non-hydrogen) atoms. The quantitative estimate of drug-likeness (QED) is 0.779. The van der Waals surface area contributed by atoms with Crippen molar-refractivity contribution in [1.82, 2.24) is 5.32 Å². The number of hydrogen-bond donors (Lipinski definition) is 2. The van der Waals surface area contributed by atoms with Crippen LogP contribution in [-0.2, 0) is 0 Å². The summed E-state index contributed by atoms with van der Waals surface area (Å²) in [5.74, 6) is -0.101. The third-order valence-corrected chi connectivity index (χ3v) is 2.68. The molecule has 0 bridgehead atoms. The maximum Gasteiger partial charge on any atom is 0.123 e. The van der Waals surface area contributed by atoms with Crippen molar-refractivity contribution in [1.29, 1.82) is 0 Å². The van der Waals surface area contributed by atoms with Gasteiger partial charge in [-0.1, -0.05) is 6.42 Å². The summed E-state index contributed by atoms with van der Waals surface area (Å²) in [5, 5.41) is 12.9. The first kappa shape index (κ1) is 12.3. The minimum atomic E-state index is -0.287. The van der Waals surface area contributed by atoms with Crippen LogP contribution in [0, 0.1) is 5.82 Å². The molecule has 1 aliphatic heterocycles. The smallest absolute Gasteiger partial charge is 0.123 e. The largest absolute Gasteiger partial charge is 0.508 e. The Kier molecular flexibility index (Phi) is 4.36. The Labute approximate surface area is 94.9 Å². The molecule has 1 atom stereocenters. The number of nitrogens with one attached hydrogen (secondary N) is 1. The second-order valence-corrected chi connectivity index (χ2v) is 3.71. The predicted molar refractivity (Wildman–Crippen MR) is 59.9 cm³/mol. The molecule has 0 aliphatic carbocycles. The molecule has 0 radical (unpaired) electrons. The number of phenols is 1. The van der Waals surface area contributed by atoms with Crippen molar-refractivity contribution in [3.8, 4) is 5.75 Å². The molecule has 4 heteroatoms. The highest BCUT2D eigenvalue weighted by Gasteiger charge is 2.18. The van der Waals surface area contributed by atoms with Crippen LogP contribution in [0.2, 0.25) is 0 Å². The van der Waals surface area contributed by atoms with Gasteiger partial charge in [-0.2, -0.15) is 0 Å². The van der Waals surface area contributed by atoms with E-state index in [0.29, 0.717) is 5.56 Å². The Bertz CT molecular complexity index is 326. The van der Waals surface area contributed by atoms with Crippen molar-refractivity contribution >= 4 is 12.4 Å². The maximum atomic E-state index is 13.0. The molecular formula is C11H15ClFNO. The minimum Gasteiger partial charge on any atom is -0.508 e. The van der Waals surface area contributed by atoms with E-state index in [0.717, 1.165) is 25.8 Å². The summed E-state index contributed by atoms with van der Waals surface area (Å²) in [7, 11) is 0. The molecule has 0 amide bonds. The van der Waals surface area contributed by atoms with E-state index in [9.17, 15) is 9.50 Å². The second kappa shape index (κ2) is 5.33. The predicted octanol–water partition coefficient (Wildman–Crippen LogP) is 2.77. The van der Waals surface area contributed by atoms with Crippen molar-refractivity contribution in [3.05, 3.63) is 29.6 Å². The number of aromatic hydroxyl groups is 1. The fourth-order valence-electron chi connectivity index (χ4n) is 1.92. The Morgan fingerprint density at radius 3 is 2.80 bits per heavy atom. The average molecular weight is 232 g/mol. The van der Waals surface area contributed by atoms with Gasteiger partial charge in [-0.25, -0.2) is 4.39 Å². The molecule has 1 fully saturated rings. The van der Waals surface area contributed by atoms with Gasteiger partial charge in [-0.3, -0.25) is 0 Å². The van der Waals surface area contributed by atoms with E-state index in [-0.39, 0.29) is 30.0 Å². The molecule has 2 rings (SSSR count). The van der Waals surface area contributed by atoms with E-state index in [1.54, 1.807) is 0 Å². The molecule has 1 heterocycles. The molecule has 2 N–H and O–H groups in total. The van der Waals surface area contributed by atoms with E-state index >= 15 is 0 Å². The van der Waals surface area contributed by atoms with Crippen molar-refractivity contribution in [3.63, 3.8) is 0 Å². The van der Waals surface area contributed by atoms with E-state index in [1.165, 1.54) is 18.2 Å². The number of halogens is 2. The number of phenolic OH excluding ortho intramolecular Hbond substituents is 1. The average Bonchev–Trinajstić information content (AvgIpc) is 2.23. The van der Waals surface area contributed by atoms with Gasteiger partial charge in [0.2, 0.25) is 0 Å². The Morgan fingerprint density at radius 1 is 1.33 bits per heavy atom. The number of rotatable bonds is 1. The summed E-state index contributed by atoms with van der Waals surface area (Å²) in [6, 6.07) is 4.22. The molecule has 1 aromatic carbocycles. The third-order valence-electron chi connectivity index (χ3n) is 2.68. The molecule has 0 spiro atoms. The van der Waals surface area contributed by atoms with Crippen molar-refractivity contribution in [2.45, 2.75) is 25.3 Å². The normalized spacial score (nSPS) is 20.7. The van der Waals surface area contributed by atoms with Crippen LogP contribution in [0.4, 0.5) is 4.39 Å². The van der Waals surface area contributed by atoms with E-state index in [1.807, 2.05) is 0 Å². The minimum absolute atomic E-state index is 0. The molecule has 0 aromatic heterocycles. The van der Waals surface area contributed by atoms with Crippen LogP contribution in [0.25, 0.3) is 0 Å². The standard InChI is InChI=1S/C11H14FNO.ClH/c12-8-4-5-11(14)9(7-8)10-3-1-2-6-13-10;/h4-5,7,10,13-14H,1-3,6H2;1H/t10-;/m0./s1. The molecule has 2 nitrogen and oxygen atoms in total. The summed E-state index contributed by atoms with van der Waals surface area (Å²) in [4.78, 5) is 0. The van der Waals surface area contributed by atoms with Gasteiger partial charge in [-0.05, 0) is 37.6 Å². The van der Waals surface area contributed by atoms with Crippen LogP contribution >= 0.6 is 12.4 Å². The number of benzene rings is 1. The van der Waals surface area contributed by atoms with Crippen LogP contribution in [-0.4, -0.2) is 11.7 Å². The zero-order chi connectivity index (χ0) is 9.97. The highest BCUT2D eigenvalue weighted by Crippen LogP contribution is 2.30. The lowest BCUT2D eigenvalue weighted by molar-refractivity contribution is 0.389. The summed E-state index contributed by atoms with van der Waals surface area (Å²) in [6.45, 7) is 0.945. The van der Waals surface area contributed by atoms with Gasteiger partial charge >= 0.3 is 0 Å². The van der Waals surface area contributed by atoms with Gasteiger partial charge in [0.05, 0.1) is 0 Å². The van der Waals surface area contributed by atoms with Gasteiger partial charge in [0.25, 0.3) is 0 Å². The fourth-order valence-corrected chi connectivity index (χ4v) is 1.92. The maximum absolute atomic E-state index is 13.0. The first-order chi connectivity index (χ1) is 6.77. The molecule has 0 saturated carbocycles. The molecule has 84 valence electrons. The van der Waals surface area contributed by atoms with Crippen molar-refractivity contribution < 1.29 is 9.50 Å². The molecule has 1 aliphatic rings. The SMILES string of the molecule is Cl.Oc1ccc(F)cc1[C@@H]1CCCCN1. The zero-order valence-corrected chi connectivity index (χ0v) is 9.19. The van der Waals surface area contributed by atoms with Gasteiger partial charge in [-0.15, -0.1) is 12.4 Å². The Balaban J connectivity index is 0.00000112. The van der Waals surface area contributed by atoms with E-state index in [4.69, 9.17) is 0 Å². The number of piperidine rings is 1. The third kappa shape index (κ3) is 2.83. The van der Waals surface area contributed by atoms with Crippen LogP contribution in [0.5, 0.6) is 5.75 Å². The Hall–Kier alpha value is -0.800. The van der Waals surface area contributed by atoms with E-state index in [2.05, 4.69) is 5.32 Å². The summed E-state index contributed by atoms with van der Waals surface area (Å²) < 4.78 is 13.0. The van der Waals surface area contributed by atoms with Crippen molar-refractivity contribution in [2.75, 3.05) is 6.54 Å². The molecular weight excluding hydrogens is 217 g/mol. The second-order valence-electron chi connectivity index (χ2n) is 3.71. The first-order valence-corrected chi connectivity index (χ1v) is 4.99. The van der Waals surface area contributed by atoms with Gasteiger partial charge in [0, 0.05) is 11.6 Å².